The third-order valence-corrected chi connectivity index (χ3v) is 4.67. The summed E-state index contributed by atoms with van der Waals surface area (Å²) >= 11 is 0. The van der Waals surface area contributed by atoms with Crippen molar-refractivity contribution in [2.24, 2.45) is 11.7 Å². The molecule has 1 saturated heterocycles. The molecule has 2 fully saturated rings. The zero-order valence-electron chi connectivity index (χ0n) is 11.6. The van der Waals surface area contributed by atoms with E-state index in [2.05, 4.69) is 23.8 Å². The Morgan fingerprint density at radius 2 is 1.88 bits per heavy atom. The zero-order chi connectivity index (χ0) is 12.3. The van der Waals surface area contributed by atoms with Crippen LogP contribution in [-0.4, -0.2) is 55.1 Å². The molecule has 1 saturated carbocycles. The van der Waals surface area contributed by atoms with E-state index in [-0.39, 0.29) is 0 Å². The molecule has 2 N–H and O–H groups in total. The molecule has 1 aliphatic carbocycles. The second-order valence-corrected chi connectivity index (χ2v) is 6.17. The maximum absolute atomic E-state index is 6.42. The van der Waals surface area contributed by atoms with E-state index in [9.17, 15) is 0 Å². The van der Waals surface area contributed by atoms with Crippen LogP contribution in [0.3, 0.4) is 0 Å². The normalized spacial score (nSPS) is 31.6. The minimum atomic E-state index is 0.404. The van der Waals surface area contributed by atoms with Gasteiger partial charge in [0.15, 0.2) is 0 Å². The lowest BCUT2D eigenvalue weighted by Crippen LogP contribution is -2.54. The SMILES string of the molecule is CC1CN(C)CCN1CC(N)C1CCCCC1. The number of nitrogens with two attached hydrogens (primary N) is 1. The van der Waals surface area contributed by atoms with Gasteiger partial charge >= 0.3 is 0 Å². The number of nitrogens with zero attached hydrogens (tertiary/aromatic N) is 2. The minimum Gasteiger partial charge on any atom is -0.326 e. The fourth-order valence-corrected chi connectivity index (χ4v) is 3.43. The third kappa shape index (κ3) is 3.67. The predicted octanol–water partition coefficient (Wildman–Crippen LogP) is 1.53. The Kier molecular flexibility index (Phi) is 4.83. The summed E-state index contributed by atoms with van der Waals surface area (Å²) in [6, 6.07) is 1.07. The summed E-state index contributed by atoms with van der Waals surface area (Å²) in [4.78, 5) is 5.02. The van der Waals surface area contributed by atoms with Gasteiger partial charge in [-0.05, 0) is 32.7 Å². The van der Waals surface area contributed by atoms with Gasteiger partial charge < -0.3 is 10.6 Å². The summed E-state index contributed by atoms with van der Waals surface area (Å²) in [5.41, 5.74) is 6.42. The molecule has 2 unspecified atom stereocenters. The van der Waals surface area contributed by atoms with Crippen molar-refractivity contribution in [2.75, 3.05) is 33.2 Å². The molecule has 1 aliphatic heterocycles. The van der Waals surface area contributed by atoms with E-state index in [4.69, 9.17) is 5.73 Å². The highest BCUT2D eigenvalue weighted by Crippen LogP contribution is 2.26. The molecule has 100 valence electrons. The smallest absolute Gasteiger partial charge is 0.0196 e. The van der Waals surface area contributed by atoms with E-state index >= 15 is 0 Å². The lowest BCUT2D eigenvalue weighted by Gasteiger charge is -2.41. The first-order chi connectivity index (χ1) is 8.16. The molecule has 0 aromatic rings. The second-order valence-electron chi connectivity index (χ2n) is 6.17. The van der Waals surface area contributed by atoms with Crippen molar-refractivity contribution < 1.29 is 0 Å². The van der Waals surface area contributed by atoms with Crippen molar-refractivity contribution >= 4 is 0 Å². The quantitative estimate of drug-likeness (QED) is 0.811. The Labute approximate surface area is 106 Å². The number of hydrogen-bond donors (Lipinski definition) is 1. The molecule has 0 amide bonds. The number of hydrogen-bond acceptors (Lipinski definition) is 3. The van der Waals surface area contributed by atoms with Crippen molar-refractivity contribution in [3.63, 3.8) is 0 Å². The number of likely N-dealkylation sites (N-methyl/N-ethyl adjacent to an activating group) is 1. The molecular weight excluding hydrogens is 210 g/mol. The first kappa shape index (κ1) is 13.3. The van der Waals surface area contributed by atoms with Gasteiger partial charge in [0.2, 0.25) is 0 Å². The summed E-state index contributed by atoms with van der Waals surface area (Å²) in [6.45, 7) is 7.03. The van der Waals surface area contributed by atoms with Gasteiger partial charge in [0.25, 0.3) is 0 Å². The second kappa shape index (κ2) is 6.17. The van der Waals surface area contributed by atoms with Gasteiger partial charge in [-0.1, -0.05) is 19.3 Å². The maximum atomic E-state index is 6.42. The van der Waals surface area contributed by atoms with Crippen LogP contribution in [0, 0.1) is 5.92 Å². The largest absolute Gasteiger partial charge is 0.326 e. The third-order valence-electron chi connectivity index (χ3n) is 4.67. The molecule has 0 aromatic carbocycles. The first-order valence-electron chi connectivity index (χ1n) is 7.35. The van der Waals surface area contributed by atoms with Gasteiger partial charge in [-0.15, -0.1) is 0 Å². The van der Waals surface area contributed by atoms with Crippen LogP contribution in [0.1, 0.15) is 39.0 Å². The van der Waals surface area contributed by atoms with Crippen molar-refractivity contribution in [1.29, 1.82) is 0 Å². The van der Waals surface area contributed by atoms with Crippen LogP contribution in [0.25, 0.3) is 0 Å². The molecule has 0 spiro atoms. The molecule has 0 aromatic heterocycles. The number of rotatable bonds is 3. The molecule has 2 aliphatic rings. The van der Waals surface area contributed by atoms with E-state index in [1.54, 1.807) is 0 Å². The van der Waals surface area contributed by atoms with E-state index in [0.717, 1.165) is 12.5 Å². The van der Waals surface area contributed by atoms with Gasteiger partial charge in [0, 0.05) is 38.3 Å². The van der Waals surface area contributed by atoms with Crippen LogP contribution in [0.2, 0.25) is 0 Å². The van der Waals surface area contributed by atoms with Crippen molar-refractivity contribution in [3.05, 3.63) is 0 Å². The first-order valence-corrected chi connectivity index (χ1v) is 7.35. The predicted molar refractivity (Wildman–Crippen MR) is 73.1 cm³/mol. The lowest BCUT2D eigenvalue weighted by molar-refractivity contribution is 0.0844. The molecule has 0 bridgehead atoms. The summed E-state index contributed by atoms with van der Waals surface area (Å²) in [5, 5.41) is 0. The summed E-state index contributed by atoms with van der Waals surface area (Å²) < 4.78 is 0. The zero-order valence-corrected chi connectivity index (χ0v) is 11.6. The molecule has 3 heteroatoms. The Balaban J connectivity index is 1.79. The maximum Gasteiger partial charge on any atom is 0.0196 e. The highest BCUT2D eigenvalue weighted by molar-refractivity contribution is 4.84. The minimum absolute atomic E-state index is 0.404. The Morgan fingerprint density at radius 1 is 1.18 bits per heavy atom. The van der Waals surface area contributed by atoms with E-state index in [0.29, 0.717) is 12.1 Å². The average Bonchev–Trinajstić information content (AvgIpc) is 2.34. The van der Waals surface area contributed by atoms with Crippen LogP contribution >= 0.6 is 0 Å². The van der Waals surface area contributed by atoms with Gasteiger partial charge in [-0.2, -0.15) is 0 Å². The Morgan fingerprint density at radius 3 is 2.53 bits per heavy atom. The molecule has 2 rings (SSSR count). The molecule has 17 heavy (non-hydrogen) atoms. The standard InChI is InChI=1S/C14H29N3/c1-12-10-16(2)8-9-17(12)11-14(15)13-6-4-3-5-7-13/h12-14H,3-11,15H2,1-2H3. The molecule has 3 nitrogen and oxygen atoms in total. The van der Waals surface area contributed by atoms with Gasteiger partial charge in [0.1, 0.15) is 0 Å². The van der Waals surface area contributed by atoms with E-state index < -0.39 is 0 Å². The Hall–Kier alpha value is -0.120. The topological polar surface area (TPSA) is 32.5 Å². The van der Waals surface area contributed by atoms with Gasteiger partial charge in [-0.25, -0.2) is 0 Å². The van der Waals surface area contributed by atoms with Crippen LogP contribution in [0.4, 0.5) is 0 Å². The number of piperazine rings is 1. The molecule has 1 heterocycles. The van der Waals surface area contributed by atoms with Crippen LogP contribution in [0.5, 0.6) is 0 Å². The highest BCUT2D eigenvalue weighted by Gasteiger charge is 2.26. The summed E-state index contributed by atoms with van der Waals surface area (Å²) in [5.74, 6) is 0.788. The van der Waals surface area contributed by atoms with Gasteiger partial charge in [-0.3, -0.25) is 4.90 Å². The molecule has 0 radical (unpaired) electrons. The molecule has 2 atom stereocenters. The van der Waals surface area contributed by atoms with E-state index in [1.165, 1.54) is 51.7 Å². The molecular formula is C14H29N3. The van der Waals surface area contributed by atoms with Crippen molar-refractivity contribution in [3.8, 4) is 0 Å². The summed E-state index contributed by atoms with van der Waals surface area (Å²) in [7, 11) is 2.22. The van der Waals surface area contributed by atoms with Crippen molar-refractivity contribution in [1.82, 2.24) is 9.80 Å². The van der Waals surface area contributed by atoms with Gasteiger partial charge in [0.05, 0.1) is 0 Å². The van der Waals surface area contributed by atoms with Crippen LogP contribution in [-0.2, 0) is 0 Å². The average molecular weight is 239 g/mol. The van der Waals surface area contributed by atoms with Crippen molar-refractivity contribution in [2.45, 2.75) is 51.1 Å². The fourth-order valence-electron chi connectivity index (χ4n) is 3.43. The summed E-state index contributed by atoms with van der Waals surface area (Å²) in [6.07, 6.45) is 6.95. The van der Waals surface area contributed by atoms with Crippen LogP contribution < -0.4 is 5.73 Å². The lowest BCUT2D eigenvalue weighted by atomic mass is 9.84. The van der Waals surface area contributed by atoms with E-state index in [1.807, 2.05) is 0 Å². The monoisotopic (exact) mass is 239 g/mol. The Bertz CT molecular complexity index is 226. The highest BCUT2D eigenvalue weighted by atomic mass is 15.3. The fraction of sp³-hybridized carbons (Fsp3) is 1.00. The van der Waals surface area contributed by atoms with Crippen LogP contribution in [0.15, 0.2) is 0 Å².